The summed E-state index contributed by atoms with van der Waals surface area (Å²) in [6.45, 7) is 8.21. The minimum absolute atomic E-state index is 0.0656. The molecule has 0 unspecified atom stereocenters. The molecule has 0 fully saturated rings. The van der Waals surface area contributed by atoms with Gasteiger partial charge in [-0.15, -0.1) is 0 Å². The van der Waals surface area contributed by atoms with Gasteiger partial charge in [0.05, 0.1) is 110 Å². The molecule has 2 aromatic heterocycles. The summed E-state index contributed by atoms with van der Waals surface area (Å²) in [4.78, 5) is 19.6. The van der Waals surface area contributed by atoms with Crippen molar-refractivity contribution in [3.8, 4) is 34.5 Å². The lowest BCUT2D eigenvalue weighted by molar-refractivity contribution is 0.111. The Morgan fingerprint density at radius 3 is 1.09 bits per heavy atom. The van der Waals surface area contributed by atoms with Gasteiger partial charge >= 0.3 is 15.2 Å². The Bertz CT molecular complexity index is 2280. The highest BCUT2D eigenvalue weighted by atomic mass is 31.2. The number of hydrogen-bond acceptors (Lipinski definition) is 15. The van der Waals surface area contributed by atoms with Gasteiger partial charge in [0.2, 0.25) is 0 Å². The molecular formula is C49H62N2O13P2. The first-order valence-corrected chi connectivity index (χ1v) is 24.5. The number of rotatable bonds is 23. The summed E-state index contributed by atoms with van der Waals surface area (Å²) in [6.07, 6.45) is 8.68. The van der Waals surface area contributed by atoms with E-state index < -0.39 is 15.2 Å². The van der Waals surface area contributed by atoms with Crippen LogP contribution in [0.5, 0.6) is 34.5 Å². The fourth-order valence-electron chi connectivity index (χ4n) is 6.24. The molecule has 0 atom stereocenters. The first-order chi connectivity index (χ1) is 31.9. The van der Waals surface area contributed by atoms with Crippen molar-refractivity contribution in [3.05, 3.63) is 130 Å². The molecule has 15 nitrogen and oxygen atoms in total. The van der Waals surface area contributed by atoms with Gasteiger partial charge in [0.15, 0.2) is 40.8 Å². The van der Waals surface area contributed by atoms with Gasteiger partial charge in [-0.2, -0.15) is 0 Å². The van der Waals surface area contributed by atoms with E-state index in [1.54, 1.807) is 92.5 Å². The maximum absolute atomic E-state index is 12.6. The molecule has 0 amide bonds. The number of carbonyl (C=O) groups excluding carboxylic acids is 1. The zero-order valence-corrected chi connectivity index (χ0v) is 41.2. The number of aldehydes is 1. The third-order valence-corrected chi connectivity index (χ3v) is 13.0. The number of pyridine rings is 2. The van der Waals surface area contributed by atoms with Gasteiger partial charge in [0, 0.05) is 11.1 Å². The topological polar surface area (TPSA) is 169 Å². The number of carbonyl (C=O) groups is 1. The van der Waals surface area contributed by atoms with Crippen LogP contribution in [0.1, 0.15) is 72.0 Å². The summed E-state index contributed by atoms with van der Waals surface area (Å²) < 4.78 is 78.0. The van der Waals surface area contributed by atoms with Crippen molar-refractivity contribution in [2.45, 2.75) is 40.0 Å². The smallest absolute Gasteiger partial charge is 0.336 e. The molecule has 0 spiro atoms. The summed E-state index contributed by atoms with van der Waals surface area (Å²) in [5, 5.41) is 0. The summed E-state index contributed by atoms with van der Waals surface area (Å²) in [5.41, 5.74) is 5.10. The van der Waals surface area contributed by atoms with Crippen LogP contribution in [0, 0.1) is 0 Å². The fraction of sp³-hybridized carbons (Fsp3) is 0.327. The number of hydrogen-bond donors (Lipinski definition) is 0. The number of nitrogens with zero attached hydrogens (tertiary/aromatic N) is 2. The Morgan fingerprint density at radius 2 is 0.758 bits per heavy atom. The highest BCUT2D eigenvalue weighted by molar-refractivity contribution is 7.53. The molecule has 5 aromatic rings. The van der Waals surface area contributed by atoms with Gasteiger partial charge in [0.1, 0.15) is 0 Å². The molecule has 17 heteroatoms. The molecule has 3 aromatic carbocycles. The Hall–Kier alpha value is -5.79. The lowest BCUT2D eigenvalue weighted by Gasteiger charge is -2.18. The van der Waals surface area contributed by atoms with Crippen molar-refractivity contribution >= 4 is 45.8 Å². The largest absolute Gasteiger partial charge is 0.493 e. The van der Waals surface area contributed by atoms with Crippen LogP contribution in [0.4, 0.5) is 0 Å². The van der Waals surface area contributed by atoms with Crippen LogP contribution in [-0.4, -0.2) is 85.3 Å². The minimum Gasteiger partial charge on any atom is -0.493 e. The average molecular weight is 949 g/mol. The lowest BCUT2D eigenvalue weighted by atomic mass is 10.1. The van der Waals surface area contributed by atoms with E-state index in [0.29, 0.717) is 77.9 Å². The normalized spacial score (nSPS) is 11.2. The van der Waals surface area contributed by atoms with E-state index in [-0.39, 0.29) is 12.3 Å². The highest BCUT2D eigenvalue weighted by Gasteiger charge is 2.27. The van der Waals surface area contributed by atoms with E-state index in [1.165, 1.54) is 14.2 Å². The van der Waals surface area contributed by atoms with Crippen molar-refractivity contribution < 1.29 is 60.4 Å². The molecule has 0 aliphatic carbocycles. The van der Waals surface area contributed by atoms with Crippen molar-refractivity contribution in [2.75, 3.05) is 69.1 Å². The van der Waals surface area contributed by atoms with E-state index in [4.69, 9.17) is 46.5 Å². The first kappa shape index (κ1) is 54.5. The molecule has 0 N–H and O–H groups in total. The van der Waals surface area contributed by atoms with Gasteiger partial charge in [-0.05, 0) is 101 Å². The Morgan fingerprint density at radius 1 is 0.424 bits per heavy atom. The highest BCUT2D eigenvalue weighted by Crippen LogP contribution is 2.52. The number of ether oxygens (including phenoxy) is 6. The number of methoxy groups -OCH3 is 6. The second kappa shape index (κ2) is 29.0. The van der Waals surface area contributed by atoms with Crippen LogP contribution >= 0.6 is 15.2 Å². The maximum Gasteiger partial charge on any atom is 0.336 e. The van der Waals surface area contributed by atoms with Crippen LogP contribution in [0.25, 0.3) is 24.3 Å². The first-order valence-electron chi connectivity index (χ1n) is 21.1. The maximum atomic E-state index is 12.6. The standard InChI is InChI=1S/C25H25NO4.C15H27NO6P2.C9H10O3/c1-27-22-12-5-8-18(24(22)29-3)14-16-20-10-7-11-21(26-20)17-15-19-9-6-13-23(28-2)25(19)30-4;1-5-19-23(17,20-6-2)12-14-10-9-11-15(16-14)13-24(18,21-7-3)22-8-4;1-11-8-5-3-4-7(6-10)9(8)12-2/h5-17H,1-4H3;9-11H,5-8,12-13H2,1-4H3;3-6H,1-2H3/b16-14+,17-15+;;. The van der Waals surface area contributed by atoms with E-state index >= 15 is 0 Å². The SMILES string of the molecule is CCOP(=O)(Cc1cccc(CP(=O)(OCC)OCC)n1)OCC.COc1cccc(/C=C/c2cccc(/C=C/c3cccc(OC)c3OC)n2)c1OC.COc1cccc(C=O)c1OC. The monoisotopic (exact) mass is 948 g/mol. The Kier molecular flexibility index (Phi) is 23.9. The lowest BCUT2D eigenvalue weighted by Crippen LogP contribution is -2.04. The predicted molar refractivity (Wildman–Crippen MR) is 259 cm³/mol. The second-order valence-corrected chi connectivity index (χ2v) is 17.5. The van der Waals surface area contributed by atoms with Crippen LogP contribution in [0.3, 0.4) is 0 Å². The second-order valence-electron chi connectivity index (χ2n) is 13.3. The van der Waals surface area contributed by atoms with Crippen molar-refractivity contribution in [1.82, 2.24) is 9.97 Å². The van der Waals surface area contributed by atoms with E-state index in [9.17, 15) is 13.9 Å². The number of benzene rings is 3. The third-order valence-electron chi connectivity index (χ3n) is 8.97. The molecule has 356 valence electrons. The zero-order chi connectivity index (χ0) is 48.4. The molecular weight excluding hydrogens is 886 g/mol. The van der Waals surface area contributed by atoms with Crippen molar-refractivity contribution in [2.24, 2.45) is 0 Å². The summed E-state index contributed by atoms with van der Waals surface area (Å²) in [6, 6.07) is 27.8. The van der Waals surface area contributed by atoms with Gasteiger partial charge in [-0.3, -0.25) is 18.9 Å². The van der Waals surface area contributed by atoms with Gasteiger partial charge in [-0.1, -0.05) is 42.5 Å². The molecule has 0 bridgehead atoms. The van der Waals surface area contributed by atoms with Gasteiger partial charge in [-0.25, -0.2) is 4.98 Å². The molecule has 0 aliphatic rings. The molecule has 0 saturated heterocycles. The van der Waals surface area contributed by atoms with E-state index in [2.05, 4.69) is 9.97 Å². The fourth-order valence-corrected chi connectivity index (χ4v) is 9.48. The Labute approximate surface area is 389 Å². The van der Waals surface area contributed by atoms with Crippen LogP contribution in [-0.2, 0) is 39.5 Å². The zero-order valence-electron chi connectivity index (χ0n) is 39.4. The average Bonchev–Trinajstić information content (AvgIpc) is 3.32. The molecule has 2 heterocycles. The molecule has 5 rings (SSSR count). The van der Waals surface area contributed by atoms with Crippen LogP contribution in [0.15, 0.2) is 91.0 Å². The van der Waals surface area contributed by atoms with Gasteiger partial charge in [0.25, 0.3) is 0 Å². The predicted octanol–water partition coefficient (Wildman–Crippen LogP) is 11.6. The van der Waals surface area contributed by atoms with E-state index in [0.717, 1.165) is 28.8 Å². The summed E-state index contributed by atoms with van der Waals surface area (Å²) >= 11 is 0. The molecule has 0 radical (unpaired) electrons. The molecule has 0 aliphatic heterocycles. The summed E-state index contributed by atoms with van der Waals surface area (Å²) in [5.74, 6) is 3.82. The number of aromatic nitrogens is 2. The number of para-hydroxylation sites is 3. The van der Waals surface area contributed by atoms with Crippen molar-refractivity contribution in [3.63, 3.8) is 0 Å². The van der Waals surface area contributed by atoms with E-state index in [1.807, 2.05) is 78.9 Å². The van der Waals surface area contributed by atoms with Crippen molar-refractivity contribution in [1.29, 1.82) is 0 Å². The summed E-state index contributed by atoms with van der Waals surface area (Å²) in [7, 11) is 3.09. The van der Waals surface area contributed by atoms with Crippen LogP contribution in [0.2, 0.25) is 0 Å². The molecule has 0 saturated carbocycles. The quantitative estimate of drug-likeness (QED) is 0.0447. The van der Waals surface area contributed by atoms with Crippen LogP contribution < -0.4 is 28.4 Å². The third kappa shape index (κ3) is 16.9. The minimum atomic E-state index is -3.23. The Balaban J connectivity index is 0.000000286. The molecule has 66 heavy (non-hydrogen) atoms. The van der Waals surface area contributed by atoms with Gasteiger partial charge < -0.3 is 46.5 Å².